The number of nitrogens with zero attached hydrogens (tertiary/aromatic N) is 1. The highest BCUT2D eigenvalue weighted by molar-refractivity contribution is 6.36. The van der Waals surface area contributed by atoms with Crippen LogP contribution in [0.5, 0.6) is 0 Å². The van der Waals surface area contributed by atoms with E-state index in [1.807, 2.05) is 68.5 Å². The summed E-state index contributed by atoms with van der Waals surface area (Å²) in [6, 6.07) is 17.8. The smallest absolute Gasteiger partial charge is 0.259 e. The maximum atomic E-state index is 13.6. The number of aromatic amines is 1. The molecule has 0 radical (unpaired) electrons. The molecule has 0 saturated carbocycles. The van der Waals surface area contributed by atoms with Gasteiger partial charge in [-0.1, -0.05) is 36.4 Å². The molecule has 174 valence electrons. The van der Waals surface area contributed by atoms with Crippen molar-refractivity contribution in [3.05, 3.63) is 82.7 Å². The lowest BCUT2D eigenvalue weighted by Gasteiger charge is -2.22. The van der Waals surface area contributed by atoms with Crippen molar-refractivity contribution in [3.8, 4) is 0 Å². The van der Waals surface area contributed by atoms with Crippen LogP contribution in [-0.2, 0) is 20.9 Å². The molecule has 6 nitrogen and oxygen atoms in total. The molecule has 0 aliphatic carbocycles. The average Bonchev–Trinajstić information content (AvgIpc) is 3.30. The monoisotopic (exact) mass is 455 g/mol. The molecule has 1 fully saturated rings. The normalized spacial score (nSPS) is 17.3. The first-order valence-electron chi connectivity index (χ1n) is 11.8. The summed E-state index contributed by atoms with van der Waals surface area (Å²) in [5.74, 6) is -0.0764. The number of fused-ring (bicyclic) bond motifs is 1. The number of aromatic nitrogens is 1. The molecule has 1 aromatic heterocycles. The molecular formula is C28H29N3O3. The van der Waals surface area contributed by atoms with Gasteiger partial charge in [-0.05, 0) is 62.1 Å². The number of benzene rings is 2. The Balaban J connectivity index is 1.50. The van der Waals surface area contributed by atoms with Crippen molar-refractivity contribution in [2.45, 2.75) is 33.2 Å². The standard InChI is InChI=1S/C28H29N3O3/c1-18-14-19(2)29-25(18)16-24-23-9-8-22(30-27(32)21-10-12-34-13-11-21)15-26(23)31(28(24)33)17-20-6-4-3-5-7-20/h3-9,14-16,21,29H,10-13,17H2,1-2H3,(H,30,32)/b24-16-. The van der Waals surface area contributed by atoms with E-state index in [1.165, 1.54) is 0 Å². The van der Waals surface area contributed by atoms with E-state index in [2.05, 4.69) is 16.4 Å². The van der Waals surface area contributed by atoms with Gasteiger partial charge >= 0.3 is 0 Å². The number of amides is 2. The largest absolute Gasteiger partial charge is 0.381 e. The van der Waals surface area contributed by atoms with E-state index in [9.17, 15) is 9.59 Å². The SMILES string of the molecule is Cc1cc(C)c(/C=C2\C(=O)N(Cc3ccccc3)c3cc(NC(=O)C4CCOCC4)ccc32)[nH]1. The highest BCUT2D eigenvalue weighted by atomic mass is 16.5. The van der Waals surface area contributed by atoms with E-state index >= 15 is 0 Å². The van der Waals surface area contributed by atoms with Crippen LogP contribution in [0.15, 0.2) is 54.6 Å². The van der Waals surface area contributed by atoms with Crippen molar-refractivity contribution in [3.63, 3.8) is 0 Å². The van der Waals surface area contributed by atoms with E-state index in [0.29, 0.717) is 31.0 Å². The maximum absolute atomic E-state index is 13.6. The predicted octanol–water partition coefficient (Wildman–Crippen LogP) is 5.08. The number of rotatable bonds is 5. The third kappa shape index (κ3) is 4.41. The summed E-state index contributed by atoms with van der Waals surface area (Å²) in [7, 11) is 0. The molecule has 0 unspecified atom stereocenters. The first-order chi connectivity index (χ1) is 16.5. The van der Waals surface area contributed by atoms with Crippen LogP contribution in [0.2, 0.25) is 0 Å². The Morgan fingerprint density at radius 3 is 2.59 bits per heavy atom. The minimum absolute atomic E-state index is 0.00966. The topological polar surface area (TPSA) is 74.4 Å². The van der Waals surface area contributed by atoms with Crippen LogP contribution in [0.4, 0.5) is 11.4 Å². The zero-order valence-corrected chi connectivity index (χ0v) is 19.6. The number of nitrogens with one attached hydrogen (secondary N) is 2. The number of H-pyrrole nitrogens is 1. The molecule has 5 rings (SSSR count). The Morgan fingerprint density at radius 2 is 1.88 bits per heavy atom. The van der Waals surface area contributed by atoms with Crippen molar-refractivity contribution in [2.24, 2.45) is 5.92 Å². The minimum Gasteiger partial charge on any atom is -0.381 e. The second kappa shape index (κ2) is 9.31. The zero-order chi connectivity index (χ0) is 23.7. The molecule has 2 N–H and O–H groups in total. The lowest BCUT2D eigenvalue weighted by Crippen LogP contribution is -2.28. The third-order valence-corrected chi connectivity index (χ3v) is 6.58. The summed E-state index contributed by atoms with van der Waals surface area (Å²) >= 11 is 0. The van der Waals surface area contributed by atoms with E-state index < -0.39 is 0 Å². The van der Waals surface area contributed by atoms with Crippen LogP contribution in [0.3, 0.4) is 0 Å². The summed E-state index contributed by atoms with van der Waals surface area (Å²) in [6.45, 7) is 5.74. The molecule has 0 spiro atoms. The van der Waals surface area contributed by atoms with E-state index in [4.69, 9.17) is 4.74 Å². The van der Waals surface area contributed by atoms with Gasteiger partial charge in [-0.3, -0.25) is 9.59 Å². The Morgan fingerprint density at radius 1 is 1.12 bits per heavy atom. The summed E-state index contributed by atoms with van der Waals surface area (Å²) in [5, 5.41) is 3.06. The van der Waals surface area contributed by atoms with Gasteiger partial charge in [0.15, 0.2) is 0 Å². The first-order valence-corrected chi connectivity index (χ1v) is 11.8. The Labute approximate surface area is 199 Å². The molecular weight excluding hydrogens is 426 g/mol. The van der Waals surface area contributed by atoms with Gasteiger partial charge in [-0.25, -0.2) is 0 Å². The molecule has 2 aliphatic rings. The molecule has 2 amide bonds. The molecule has 34 heavy (non-hydrogen) atoms. The Hall–Kier alpha value is -3.64. The predicted molar refractivity (Wildman–Crippen MR) is 134 cm³/mol. The number of carbonyl (C=O) groups is 2. The maximum Gasteiger partial charge on any atom is 0.259 e. The summed E-state index contributed by atoms with van der Waals surface area (Å²) in [6.07, 6.45) is 3.41. The second-order valence-corrected chi connectivity index (χ2v) is 9.09. The van der Waals surface area contributed by atoms with Crippen LogP contribution in [0, 0.1) is 19.8 Å². The van der Waals surface area contributed by atoms with Gasteiger partial charge in [0.05, 0.1) is 17.8 Å². The van der Waals surface area contributed by atoms with Gasteiger partial charge in [0, 0.05) is 41.8 Å². The first kappa shape index (κ1) is 22.2. The van der Waals surface area contributed by atoms with Crippen LogP contribution < -0.4 is 10.2 Å². The average molecular weight is 456 g/mol. The summed E-state index contributed by atoms with van der Waals surface area (Å²) in [4.78, 5) is 31.5. The van der Waals surface area contributed by atoms with E-state index in [0.717, 1.165) is 46.6 Å². The molecule has 1 saturated heterocycles. The van der Waals surface area contributed by atoms with Crippen molar-refractivity contribution >= 4 is 34.8 Å². The number of anilines is 2. The van der Waals surface area contributed by atoms with Crippen molar-refractivity contribution < 1.29 is 14.3 Å². The summed E-state index contributed by atoms with van der Waals surface area (Å²) < 4.78 is 5.38. The summed E-state index contributed by atoms with van der Waals surface area (Å²) in [5.41, 5.74) is 7.18. The molecule has 0 atom stereocenters. The molecule has 3 heterocycles. The number of hydrogen-bond acceptors (Lipinski definition) is 3. The van der Waals surface area contributed by atoms with Crippen LogP contribution in [-0.4, -0.2) is 30.0 Å². The van der Waals surface area contributed by atoms with Gasteiger partial charge in [0.25, 0.3) is 5.91 Å². The lowest BCUT2D eigenvalue weighted by atomic mass is 9.99. The highest BCUT2D eigenvalue weighted by Crippen LogP contribution is 2.40. The highest BCUT2D eigenvalue weighted by Gasteiger charge is 2.33. The minimum atomic E-state index is -0.0431. The van der Waals surface area contributed by atoms with Crippen molar-refractivity contribution in [1.82, 2.24) is 4.98 Å². The second-order valence-electron chi connectivity index (χ2n) is 9.09. The van der Waals surface area contributed by atoms with E-state index in [-0.39, 0.29) is 17.7 Å². The Bertz CT molecular complexity index is 1250. The van der Waals surface area contributed by atoms with Crippen LogP contribution >= 0.6 is 0 Å². The van der Waals surface area contributed by atoms with E-state index in [1.54, 1.807) is 4.90 Å². The van der Waals surface area contributed by atoms with Gasteiger partial charge in [0.2, 0.25) is 5.91 Å². The fraction of sp³-hybridized carbons (Fsp3) is 0.286. The van der Waals surface area contributed by atoms with Gasteiger partial charge in [0.1, 0.15) is 0 Å². The molecule has 3 aromatic rings. The Kier molecular flexibility index (Phi) is 6.07. The van der Waals surface area contributed by atoms with Crippen molar-refractivity contribution in [2.75, 3.05) is 23.4 Å². The zero-order valence-electron chi connectivity index (χ0n) is 19.6. The number of hydrogen-bond donors (Lipinski definition) is 2. The molecule has 0 bridgehead atoms. The van der Waals surface area contributed by atoms with Crippen LogP contribution in [0.25, 0.3) is 11.6 Å². The van der Waals surface area contributed by atoms with Crippen LogP contribution in [0.1, 0.15) is 40.9 Å². The fourth-order valence-corrected chi connectivity index (χ4v) is 4.74. The molecule has 6 heteroatoms. The lowest BCUT2D eigenvalue weighted by molar-refractivity contribution is -0.122. The quantitative estimate of drug-likeness (QED) is 0.527. The van der Waals surface area contributed by atoms with Gasteiger partial charge in [-0.2, -0.15) is 0 Å². The van der Waals surface area contributed by atoms with Crippen molar-refractivity contribution in [1.29, 1.82) is 0 Å². The number of aryl methyl sites for hydroxylation is 2. The number of ether oxygens (including phenoxy) is 1. The third-order valence-electron chi connectivity index (χ3n) is 6.58. The number of carbonyl (C=O) groups excluding carboxylic acids is 2. The molecule has 2 aliphatic heterocycles. The molecule has 2 aromatic carbocycles. The fourth-order valence-electron chi connectivity index (χ4n) is 4.74. The van der Waals surface area contributed by atoms with Gasteiger partial charge in [-0.15, -0.1) is 0 Å². The van der Waals surface area contributed by atoms with Gasteiger partial charge < -0.3 is 19.9 Å².